The first-order chi connectivity index (χ1) is 13.2. The van der Waals surface area contributed by atoms with Gasteiger partial charge < -0.3 is 14.9 Å². The first kappa shape index (κ1) is 17.4. The van der Waals surface area contributed by atoms with Crippen molar-refractivity contribution in [2.24, 2.45) is 0 Å². The summed E-state index contributed by atoms with van der Waals surface area (Å²) < 4.78 is 1.93. The molecule has 1 saturated heterocycles. The van der Waals surface area contributed by atoms with Crippen LogP contribution in [0.15, 0.2) is 54.9 Å². The van der Waals surface area contributed by atoms with Crippen LogP contribution < -0.4 is 9.80 Å². The molecule has 27 heavy (non-hydrogen) atoms. The Bertz CT molecular complexity index is 864. The van der Waals surface area contributed by atoms with Crippen LogP contribution in [0.5, 0.6) is 5.75 Å². The highest BCUT2D eigenvalue weighted by Crippen LogP contribution is 2.23. The number of rotatable bonds is 5. The van der Waals surface area contributed by atoms with Crippen LogP contribution in [0, 0.1) is 0 Å². The molecule has 6 heteroatoms. The molecule has 1 N–H and O–H groups in total. The van der Waals surface area contributed by atoms with Crippen LogP contribution >= 0.6 is 0 Å². The number of phenols is 1. The van der Waals surface area contributed by atoms with Gasteiger partial charge in [0.1, 0.15) is 17.9 Å². The van der Waals surface area contributed by atoms with Crippen molar-refractivity contribution in [1.29, 1.82) is 0 Å². The molecule has 3 aromatic rings. The molecule has 0 aliphatic carbocycles. The number of anilines is 2. The predicted octanol–water partition coefficient (Wildman–Crippen LogP) is 3.25. The minimum atomic E-state index is 0.312. The molecular formula is C21H25N5O. The molecule has 4 rings (SSSR count). The summed E-state index contributed by atoms with van der Waals surface area (Å²) in [6, 6.07) is 16.0. The second kappa shape index (κ2) is 7.70. The molecule has 0 spiro atoms. The average molecular weight is 363 g/mol. The summed E-state index contributed by atoms with van der Waals surface area (Å²) in [6.07, 6.45) is 3.62. The van der Waals surface area contributed by atoms with E-state index in [1.807, 2.05) is 16.8 Å². The minimum Gasteiger partial charge on any atom is -0.508 e. The van der Waals surface area contributed by atoms with Crippen molar-refractivity contribution in [3.05, 3.63) is 60.7 Å². The normalized spacial score (nSPS) is 14.6. The molecule has 0 radical (unpaired) electrons. The molecule has 2 heterocycles. The summed E-state index contributed by atoms with van der Waals surface area (Å²) in [6.45, 7) is 6.04. The number of hydrogen-bond donors (Lipinski definition) is 1. The number of aromatic hydroxyl groups is 1. The summed E-state index contributed by atoms with van der Waals surface area (Å²) in [5.41, 5.74) is 3.46. The Hall–Kier alpha value is -3.02. The van der Waals surface area contributed by atoms with E-state index in [1.165, 1.54) is 5.69 Å². The lowest BCUT2D eigenvalue weighted by molar-refractivity contribution is 0.475. The summed E-state index contributed by atoms with van der Waals surface area (Å²) in [7, 11) is 0. The fourth-order valence-electron chi connectivity index (χ4n) is 3.57. The Morgan fingerprint density at radius 2 is 1.33 bits per heavy atom. The molecule has 140 valence electrons. The molecule has 0 bridgehead atoms. The fourth-order valence-corrected chi connectivity index (χ4v) is 3.57. The fraction of sp³-hybridized carbons (Fsp3) is 0.333. The van der Waals surface area contributed by atoms with Crippen molar-refractivity contribution in [1.82, 2.24) is 14.8 Å². The van der Waals surface area contributed by atoms with E-state index >= 15 is 0 Å². The zero-order valence-corrected chi connectivity index (χ0v) is 15.6. The molecule has 0 saturated carbocycles. The molecule has 1 fully saturated rings. The SMILES string of the molecule is CCCc1ncnn1-c1ccc(N2CCN(c3ccc(O)cc3)CC2)cc1. The lowest BCUT2D eigenvalue weighted by Gasteiger charge is -2.37. The Morgan fingerprint density at radius 1 is 0.815 bits per heavy atom. The predicted molar refractivity (Wildman–Crippen MR) is 108 cm³/mol. The number of aromatic nitrogens is 3. The number of benzene rings is 2. The van der Waals surface area contributed by atoms with Gasteiger partial charge in [-0.1, -0.05) is 6.92 Å². The van der Waals surface area contributed by atoms with E-state index in [1.54, 1.807) is 18.5 Å². The Balaban J connectivity index is 1.41. The highest BCUT2D eigenvalue weighted by Gasteiger charge is 2.18. The molecule has 0 amide bonds. The van der Waals surface area contributed by atoms with Crippen molar-refractivity contribution >= 4 is 11.4 Å². The van der Waals surface area contributed by atoms with Crippen LogP contribution in [0.2, 0.25) is 0 Å². The van der Waals surface area contributed by atoms with Crippen LogP contribution in [0.4, 0.5) is 11.4 Å². The zero-order valence-electron chi connectivity index (χ0n) is 15.6. The Kier molecular flexibility index (Phi) is 4.96. The number of hydrogen-bond acceptors (Lipinski definition) is 5. The molecule has 1 aliphatic rings. The monoisotopic (exact) mass is 363 g/mol. The first-order valence-corrected chi connectivity index (χ1v) is 9.53. The number of aryl methyl sites for hydroxylation is 1. The van der Waals surface area contributed by atoms with E-state index in [0.717, 1.165) is 56.2 Å². The van der Waals surface area contributed by atoms with Gasteiger partial charge >= 0.3 is 0 Å². The van der Waals surface area contributed by atoms with Crippen LogP contribution in [0.25, 0.3) is 5.69 Å². The second-order valence-corrected chi connectivity index (χ2v) is 6.84. The lowest BCUT2D eigenvalue weighted by Crippen LogP contribution is -2.46. The van der Waals surface area contributed by atoms with Crippen molar-refractivity contribution in [2.45, 2.75) is 19.8 Å². The van der Waals surface area contributed by atoms with E-state index in [4.69, 9.17) is 0 Å². The second-order valence-electron chi connectivity index (χ2n) is 6.84. The van der Waals surface area contributed by atoms with Gasteiger partial charge in [-0.05, 0) is 55.0 Å². The van der Waals surface area contributed by atoms with Gasteiger partial charge in [0.05, 0.1) is 5.69 Å². The summed E-state index contributed by atoms with van der Waals surface area (Å²) in [5.74, 6) is 1.32. The number of phenolic OH excluding ortho intramolecular Hbond substituents is 1. The van der Waals surface area contributed by atoms with Crippen LogP contribution in [0.1, 0.15) is 19.2 Å². The zero-order chi connectivity index (χ0) is 18.6. The van der Waals surface area contributed by atoms with E-state index in [-0.39, 0.29) is 0 Å². The molecule has 0 atom stereocenters. The van der Waals surface area contributed by atoms with Crippen LogP contribution in [0.3, 0.4) is 0 Å². The molecule has 1 aliphatic heterocycles. The number of piperazine rings is 1. The maximum absolute atomic E-state index is 9.45. The van der Waals surface area contributed by atoms with E-state index in [2.05, 4.69) is 51.1 Å². The maximum Gasteiger partial charge on any atom is 0.138 e. The molecule has 6 nitrogen and oxygen atoms in total. The first-order valence-electron chi connectivity index (χ1n) is 9.53. The topological polar surface area (TPSA) is 57.4 Å². The third-order valence-electron chi connectivity index (χ3n) is 5.05. The smallest absolute Gasteiger partial charge is 0.138 e. The van der Waals surface area contributed by atoms with Gasteiger partial charge in [0.15, 0.2) is 0 Å². The van der Waals surface area contributed by atoms with Gasteiger partial charge in [-0.15, -0.1) is 0 Å². The average Bonchev–Trinajstić information content (AvgIpc) is 3.18. The van der Waals surface area contributed by atoms with E-state index in [9.17, 15) is 5.11 Å². The Morgan fingerprint density at radius 3 is 1.89 bits per heavy atom. The van der Waals surface area contributed by atoms with Gasteiger partial charge in [0, 0.05) is 44.0 Å². The highest BCUT2D eigenvalue weighted by molar-refractivity contribution is 5.54. The van der Waals surface area contributed by atoms with Crippen molar-refractivity contribution in [3.8, 4) is 11.4 Å². The van der Waals surface area contributed by atoms with Gasteiger partial charge in [-0.2, -0.15) is 5.10 Å². The maximum atomic E-state index is 9.45. The van der Waals surface area contributed by atoms with Gasteiger partial charge in [-0.3, -0.25) is 0 Å². The van der Waals surface area contributed by atoms with Gasteiger partial charge in [0.2, 0.25) is 0 Å². The standard InChI is InChI=1S/C21H25N5O/c1-2-3-21-22-16-23-26(21)19-6-4-17(5-7-19)24-12-14-25(15-13-24)18-8-10-20(27)11-9-18/h4-11,16,27H,2-3,12-15H2,1H3. The van der Waals surface area contributed by atoms with Gasteiger partial charge in [-0.25, -0.2) is 9.67 Å². The molecule has 0 unspecified atom stereocenters. The molecule has 2 aromatic carbocycles. The van der Waals surface area contributed by atoms with Crippen molar-refractivity contribution in [3.63, 3.8) is 0 Å². The largest absolute Gasteiger partial charge is 0.508 e. The third-order valence-corrected chi connectivity index (χ3v) is 5.05. The Labute approximate surface area is 159 Å². The summed E-state index contributed by atoms with van der Waals surface area (Å²) >= 11 is 0. The lowest BCUT2D eigenvalue weighted by atomic mass is 10.2. The van der Waals surface area contributed by atoms with Gasteiger partial charge in [0.25, 0.3) is 0 Å². The van der Waals surface area contributed by atoms with E-state index in [0.29, 0.717) is 5.75 Å². The molecule has 1 aromatic heterocycles. The quantitative estimate of drug-likeness (QED) is 0.754. The summed E-state index contributed by atoms with van der Waals surface area (Å²) in [5, 5.41) is 13.8. The number of nitrogens with zero attached hydrogens (tertiary/aromatic N) is 5. The van der Waals surface area contributed by atoms with E-state index < -0.39 is 0 Å². The van der Waals surface area contributed by atoms with Crippen molar-refractivity contribution < 1.29 is 5.11 Å². The molecular weight excluding hydrogens is 338 g/mol. The third kappa shape index (κ3) is 3.74. The minimum absolute atomic E-state index is 0.312. The van der Waals surface area contributed by atoms with Crippen LogP contribution in [-0.4, -0.2) is 46.1 Å². The highest BCUT2D eigenvalue weighted by atomic mass is 16.3. The van der Waals surface area contributed by atoms with Crippen LogP contribution in [-0.2, 0) is 6.42 Å². The van der Waals surface area contributed by atoms with Crippen molar-refractivity contribution in [2.75, 3.05) is 36.0 Å². The summed E-state index contributed by atoms with van der Waals surface area (Å²) in [4.78, 5) is 9.13.